The molecule has 1 spiro atoms. The van der Waals surface area contributed by atoms with Gasteiger partial charge < -0.3 is 15.0 Å². The molecule has 0 aromatic carbocycles. The molecule has 1 N–H and O–H groups in total. The van der Waals surface area contributed by atoms with Gasteiger partial charge in [-0.3, -0.25) is 9.48 Å². The van der Waals surface area contributed by atoms with Crippen LogP contribution in [-0.4, -0.2) is 59.0 Å². The van der Waals surface area contributed by atoms with Crippen molar-refractivity contribution in [1.29, 1.82) is 0 Å². The highest BCUT2D eigenvalue weighted by atomic mass is 16.5. The molecular weight excluding hydrogens is 268 g/mol. The number of morpholine rings is 1. The van der Waals surface area contributed by atoms with E-state index in [4.69, 9.17) is 4.74 Å². The zero-order valence-corrected chi connectivity index (χ0v) is 12.9. The molecular formula is C15H24N4O2. The first-order chi connectivity index (χ1) is 10.1. The highest BCUT2D eigenvalue weighted by Gasteiger charge is 2.43. The summed E-state index contributed by atoms with van der Waals surface area (Å²) >= 11 is 0. The first kappa shape index (κ1) is 14.5. The van der Waals surface area contributed by atoms with E-state index in [2.05, 4.69) is 17.3 Å². The molecule has 0 aliphatic carbocycles. The first-order valence-corrected chi connectivity index (χ1v) is 7.81. The molecule has 2 saturated heterocycles. The van der Waals surface area contributed by atoms with E-state index in [9.17, 15) is 4.79 Å². The normalized spacial score (nSPS) is 20.6. The highest BCUT2D eigenvalue weighted by Crippen LogP contribution is 2.24. The van der Waals surface area contributed by atoms with Crippen molar-refractivity contribution in [1.82, 2.24) is 20.0 Å². The number of unbranched alkanes of at least 4 members (excludes halogenated alkanes) is 1. The van der Waals surface area contributed by atoms with Crippen LogP contribution in [0.3, 0.4) is 0 Å². The second-order valence-electron chi connectivity index (χ2n) is 6.11. The highest BCUT2D eigenvalue weighted by molar-refractivity contribution is 5.95. The summed E-state index contributed by atoms with van der Waals surface area (Å²) in [5.74, 6) is 0.0878. The number of aromatic nitrogens is 2. The summed E-state index contributed by atoms with van der Waals surface area (Å²) < 4.78 is 7.73. The van der Waals surface area contributed by atoms with E-state index < -0.39 is 0 Å². The molecule has 116 valence electrons. The Morgan fingerprint density at radius 2 is 2.33 bits per heavy atom. The van der Waals surface area contributed by atoms with Crippen LogP contribution in [-0.2, 0) is 11.3 Å². The summed E-state index contributed by atoms with van der Waals surface area (Å²) in [4.78, 5) is 14.6. The smallest absolute Gasteiger partial charge is 0.257 e. The standard InChI is InChI=1S/C15H24N4O2/c1-3-4-5-19-8-13(12(2)17-19)14(20)18-6-7-21-15(11-18)9-16-10-15/h8,16H,3-7,9-11H2,1-2H3. The number of nitrogens with zero attached hydrogens (tertiary/aromatic N) is 3. The average molecular weight is 292 g/mol. The zero-order valence-electron chi connectivity index (χ0n) is 12.9. The maximum atomic E-state index is 12.7. The largest absolute Gasteiger partial charge is 0.369 e. The van der Waals surface area contributed by atoms with Crippen LogP contribution >= 0.6 is 0 Å². The summed E-state index contributed by atoms with van der Waals surface area (Å²) in [6.45, 7) is 8.59. The lowest BCUT2D eigenvalue weighted by molar-refractivity contribution is -0.126. The molecule has 0 unspecified atom stereocenters. The van der Waals surface area contributed by atoms with E-state index in [1.54, 1.807) is 0 Å². The van der Waals surface area contributed by atoms with Gasteiger partial charge in [-0.25, -0.2) is 0 Å². The minimum Gasteiger partial charge on any atom is -0.369 e. The molecule has 6 heteroatoms. The van der Waals surface area contributed by atoms with Crippen molar-refractivity contribution in [2.24, 2.45) is 0 Å². The monoisotopic (exact) mass is 292 g/mol. The second-order valence-corrected chi connectivity index (χ2v) is 6.11. The zero-order chi connectivity index (χ0) is 14.9. The number of ether oxygens (including phenoxy) is 1. The summed E-state index contributed by atoms with van der Waals surface area (Å²) in [5, 5.41) is 7.69. The van der Waals surface area contributed by atoms with Crippen molar-refractivity contribution < 1.29 is 9.53 Å². The quantitative estimate of drug-likeness (QED) is 0.892. The van der Waals surface area contributed by atoms with Crippen LogP contribution in [0.4, 0.5) is 0 Å². The van der Waals surface area contributed by atoms with Crippen molar-refractivity contribution in [2.75, 3.05) is 32.8 Å². The van der Waals surface area contributed by atoms with Gasteiger partial charge in [-0.1, -0.05) is 13.3 Å². The molecule has 3 rings (SSSR count). The lowest BCUT2D eigenvalue weighted by Gasteiger charge is -2.48. The molecule has 1 amide bonds. The molecule has 6 nitrogen and oxygen atoms in total. The van der Waals surface area contributed by atoms with Gasteiger partial charge in [-0.05, 0) is 13.3 Å². The number of carbonyl (C=O) groups is 1. The summed E-state index contributed by atoms with van der Waals surface area (Å²) in [7, 11) is 0. The molecule has 21 heavy (non-hydrogen) atoms. The third kappa shape index (κ3) is 2.82. The van der Waals surface area contributed by atoms with Crippen LogP contribution in [0.25, 0.3) is 0 Å². The summed E-state index contributed by atoms with van der Waals surface area (Å²) in [5.41, 5.74) is 1.40. The number of hydrogen-bond donors (Lipinski definition) is 1. The molecule has 2 fully saturated rings. The van der Waals surface area contributed by atoms with Gasteiger partial charge in [0, 0.05) is 32.4 Å². The predicted molar refractivity (Wildman–Crippen MR) is 79.3 cm³/mol. The number of nitrogens with one attached hydrogen (secondary N) is 1. The number of hydrogen-bond acceptors (Lipinski definition) is 4. The Hall–Kier alpha value is -1.40. The van der Waals surface area contributed by atoms with Gasteiger partial charge >= 0.3 is 0 Å². The third-order valence-electron chi connectivity index (χ3n) is 4.35. The van der Waals surface area contributed by atoms with Gasteiger partial charge in [0.2, 0.25) is 0 Å². The molecule has 0 radical (unpaired) electrons. The average Bonchev–Trinajstić information content (AvgIpc) is 2.84. The molecule has 1 aromatic heterocycles. The topological polar surface area (TPSA) is 59.4 Å². The van der Waals surface area contributed by atoms with Crippen LogP contribution in [0.15, 0.2) is 6.20 Å². The molecule has 0 saturated carbocycles. The van der Waals surface area contributed by atoms with Crippen LogP contribution in [0, 0.1) is 6.92 Å². The van der Waals surface area contributed by atoms with Crippen LogP contribution in [0.5, 0.6) is 0 Å². The predicted octanol–water partition coefficient (Wildman–Crippen LogP) is 0.806. The van der Waals surface area contributed by atoms with Crippen LogP contribution in [0.2, 0.25) is 0 Å². The second kappa shape index (κ2) is 5.77. The van der Waals surface area contributed by atoms with Crippen molar-refractivity contribution in [3.8, 4) is 0 Å². The summed E-state index contributed by atoms with van der Waals surface area (Å²) in [6, 6.07) is 0. The minimum atomic E-state index is -0.153. The fourth-order valence-electron chi connectivity index (χ4n) is 2.97. The van der Waals surface area contributed by atoms with Gasteiger partial charge in [0.1, 0.15) is 5.60 Å². The third-order valence-corrected chi connectivity index (χ3v) is 4.35. The molecule has 2 aliphatic heterocycles. The van der Waals surface area contributed by atoms with Gasteiger partial charge in [0.25, 0.3) is 5.91 Å². The van der Waals surface area contributed by atoms with Crippen molar-refractivity contribution in [3.63, 3.8) is 0 Å². The fraction of sp³-hybridized carbons (Fsp3) is 0.733. The van der Waals surface area contributed by atoms with Gasteiger partial charge in [-0.15, -0.1) is 0 Å². The fourth-order valence-corrected chi connectivity index (χ4v) is 2.97. The Balaban J connectivity index is 1.70. The maximum Gasteiger partial charge on any atom is 0.257 e. The van der Waals surface area contributed by atoms with E-state index in [1.165, 1.54) is 0 Å². The van der Waals surface area contributed by atoms with E-state index in [-0.39, 0.29) is 11.5 Å². The van der Waals surface area contributed by atoms with E-state index >= 15 is 0 Å². The van der Waals surface area contributed by atoms with E-state index in [1.807, 2.05) is 22.7 Å². The number of amides is 1. The molecule has 3 heterocycles. The van der Waals surface area contributed by atoms with Crippen LogP contribution < -0.4 is 5.32 Å². The van der Waals surface area contributed by atoms with Gasteiger partial charge in [0.05, 0.1) is 24.4 Å². The van der Waals surface area contributed by atoms with Crippen molar-refractivity contribution in [2.45, 2.75) is 38.8 Å². The first-order valence-electron chi connectivity index (χ1n) is 7.81. The van der Waals surface area contributed by atoms with E-state index in [0.29, 0.717) is 19.7 Å². The Kier molecular flexibility index (Phi) is 3.99. The number of aryl methyl sites for hydroxylation is 2. The molecule has 0 atom stereocenters. The Bertz CT molecular complexity index is 522. The number of carbonyl (C=O) groups excluding carboxylic acids is 1. The van der Waals surface area contributed by atoms with Crippen molar-refractivity contribution >= 4 is 5.91 Å². The molecule has 2 aliphatic rings. The molecule has 0 bridgehead atoms. The Morgan fingerprint density at radius 1 is 1.52 bits per heavy atom. The SMILES string of the molecule is CCCCn1cc(C(=O)N2CCOC3(CNC3)C2)c(C)n1. The van der Waals surface area contributed by atoms with Gasteiger partial charge in [0.15, 0.2) is 0 Å². The Labute approximate surface area is 125 Å². The lowest BCUT2D eigenvalue weighted by atomic mass is 9.94. The van der Waals surface area contributed by atoms with Crippen LogP contribution in [0.1, 0.15) is 35.8 Å². The van der Waals surface area contributed by atoms with Gasteiger partial charge in [-0.2, -0.15) is 5.10 Å². The number of rotatable bonds is 4. The van der Waals surface area contributed by atoms with E-state index in [0.717, 1.165) is 43.7 Å². The summed E-state index contributed by atoms with van der Waals surface area (Å²) in [6.07, 6.45) is 4.11. The maximum absolute atomic E-state index is 12.7. The Morgan fingerprint density at radius 3 is 3.00 bits per heavy atom. The molecule has 1 aromatic rings. The minimum absolute atomic E-state index is 0.0878. The van der Waals surface area contributed by atoms with Crippen molar-refractivity contribution in [3.05, 3.63) is 17.5 Å². The lowest BCUT2D eigenvalue weighted by Crippen LogP contribution is -2.69.